The molecule has 0 aliphatic heterocycles. The van der Waals surface area contributed by atoms with Gasteiger partial charge in [0.05, 0.1) is 5.69 Å². The molecule has 1 aromatic carbocycles. The van der Waals surface area contributed by atoms with Crippen molar-refractivity contribution in [1.29, 1.82) is 0 Å². The Morgan fingerprint density at radius 1 is 1.29 bits per heavy atom. The maximum absolute atomic E-state index is 8.53. The second-order valence-electron chi connectivity index (χ2n) is 3.36. The van der Waals surface area contributed by atoms with Gasteiger partial charge in [0.25, 0.3) is 0 Å². The molecule has 0 amide bonds. The van der Waals surface area contributed by atoms with Crippen molar-refractivity contribution >= 4 is 11.6 Å². The first-order chi connectivity index (χ1) is 6.54. The van der Waals surface area contributed by atoms with E-state index in [1.807, 2.05) is 38.4 Å². The van der Waals surface area contributed by atoms with Crippen LogP contribution >= 0.6 is 0 Å². The first kappa shape index (κ1) is 10.5. The summed E-state index contributed by atoms with van der Waals surface area (Å²) in [5.74, 6) is 0.0000491. The molecule has 4 heteroatoms. The van der Waals surface area contributed by atoms with Gasteiger partial charge in [-0.15, -0.1) is 0 Å². The fourth-order valence-corrected chi connectivity index (χ4v) is 1.49. The van der Waals surface area contributed by atoms with Crippen molar-refractivity contribution in [3.05, 3.63) is 28.8 Å². The Balaban J connectivity index is 3.21. The van der Waals surface area contributed by atoms with Crippen LogP contribution in [-0.2, 0) is 0 Å². The molecule has 0 atom stereocenters. The van der Waals surface area contributed by atoms with Crippen molar-refractivity contribution in [3.63, 3.8) is 0 Å². The Labute approximate surface area is 83.4 Å². The number of nitrogens with one attached hydrogen (secondary N) is 1. The molecule has 0 fully saturated rings. The van der Waals surface area contributed by atoms with E-state index >= 15 is 0 Å². The predicted octanol–water partition coefficient (Wildman–Crippen LogP) is 1.54. The summed E-state index contributed by atoms with van der Waals surface area (Å²) in [6.07, 6.45) is 0. The standard InChI is InChI=1S/C10H15N3O/c1-6-4-7(2)9(8(3)5-6)12-10(11)13-14/h4-5,14H,1-3H3,(H3,11,12,13). The first-order valence-electron chi connectivity index (χ1n) is 4.36. The zero-order chi connectivity index (χ0) is 10.7. The van der Waals surface area contributed by atoms with Crippen LogP contribution in [0.3, 0.4) is 0 Å². The number of hydroxylamine groups is 1. The van der Waals surface area contributed by atoms with Gasteiger partial charge in [-0.2, -0.15) is 0 Å². The van der Waals surface area contributed by atoms with Crippen molar-refractivity contribution < 1.29 is 5.21 Å². The van der Waals surface area contributed by atoms with Crippen LogP contribution in [0.15, 0.2) is 17.1 Å². The van der Waals surface area contributed by atoms with Crippen LogP contribution in [0.1, 0.15) is 16.7 Å². The summed E-state index contributed by atoms with van der Waals surface area (Å²) in [5.41, 5.74) is 11.3. The lowest BCUT2D eigenvalue weighted by Crippen LogP contribution is -2.27. The minimum absolute atomic E-state index is 0.0000491. The van der Waals surface area contributed by atoms with E-state index < -0.39 is 0 Å². The molecule has 4 N–H and O–H groups in total. The molecule has 0 bridgehead atoms. The van der Waals surface area contributed by atoms with Crippen molar-refractivity contribution in [1.82, 2.24) is 5.48 Å². The van der Waals surface area contributed by atoms with Gasteiger partial charge < -0.3 is 5.73 Å². The number of aryl methyl sites for hydroxylation is 3. The minimum atomic E-state index is 0.0000491. The molecule has 4 nitrogen and oxygen atoms in total. The number of rotatable bonds is 1. The highest BCUT2D eigenvalue weighted by Crippen LogP contribution is 2.24. The summed E-state index contributed by atoms with van der Waals surface area (Å²) < 4.78 is 0. The fourth-order valence-electron chi connectivity index (χ4n) is 1.49. The maximum Gasteiger partial charge on any atom is 0.218 e. The molecule has 0 spiro atoms. The van der Waals surface area contributed by atoms with Gasteiger partial charge in [0, 0.05) is 0 Å². The molecule has 76 valence electrons. The summed E-state index contributed by atoms with van der Waals surface area (Å²) in [5, 5.41) is 8.53. The quantitative estimate of drug-likeness (QED) is 0.360. The van der Waals surface area contributed by atoms with Crippen molar-refractivity contribution in [3.8, 4) is 0 Å². The number of hydrogen-bond donors (Lipinski definition) is 3. The van der Waals surface area contributed by atoms with E-state index in [4.69, 9.17) is 10.9 Å². The summed E-state index contributed by atoms with van der Waals surface area (Å²) in [6, 6.07) is 4.05. The average Bonchev–Trinajstić information content (AvgIpc) is 2.10. The summed E-state index contributed by atoms with van der Waals surface area (Å²) in [7, 11) is 0. The monoisotopic (exact) mass is 193 g/mol. The highest BCUT2D eigenvalue weighted by Gasteiger charge is 2.02. The largest absolute Gasteiger partial charge is 0.368 e. The Morgan fingerprint density at radius 3 is 2.21 bits per heavy atom. The van der Waals surface area contributed by atoms with Crippen LogP contribution in [0.25, 0.3) is 0 Å². The van der Waals surface area contributed by atoms with Gasteiger partial charge in [-0.1, -0.05) is 17.7 Å². The SMILES string of the molecule is Cc1cc(C)c(N=C(N)NO)c(C)c1. The van der Waals surface area contributed by atoms with Gasteiger partial charge in [0.2, 0.25) is 5.96 Å². The number of benzene rings is 1. The van der Waals surface area contributed by atoms with Crippen LogP contribution in [0, 0.1) is 20.8 Å². The van der Waals surface area contributed by atoms with Gasteiger partial charge in [-0.25, -0.2) is 10.5 Å². The van der Waals surface area contributed by atoms with Crippen LogP contribution in [0.2, 0.25) is 0 Å². The third kappa shape index (κ3) is 2.23. The van der Waals surface area contributed by atoms with Gasteiger partial charge in [0.1, 0.15) is 0 Å². The van der Waals surface area contributed by atoms with Crippen LogP contribution in [0.4, 0.5) is 5.69 Å². The zero-order valence-corrected chi connectivity index (χ0v) is 8.63. The topological polar surface area (TPSA) is 70.6 Å². The minimum Gasteiger partial charge on any atom is -0.368 e. The Bertz CT molecular complexity index is 349. The van der Waals surface area contributed by atoms with E-state index in [9.17, 15) is 0 Å². The van der Waals surface area contributed by atoms with E-state index in [1.54, 1.807) is 0 Å². The summed E-state index contributed by atoms with van der Waals surface area (Å²) in [6.45, 7) is 5.95. The molecule has 0 radical (unpaired) electrons. The van der Waals surface area contributed by atoms with Crippen LogP contribution in [-0.4, -0.2) is 11.2 Å². The lowest BCUT2D eigenvalue weighted by atomic mass is 10.1. The fraction of sp³-hybridized carbons (Fsp3) is 0.300. The smallest absolute Gasteiger partial charge is 0.218 e. The number of nitrogens with two attached hydrogens (primary N) is 1. The Hall–Kier alpha value is -1.55. The second-order valence-corrected chi connectivity index (χ2v) is 3.36. The van der Waals surface area contributed by atoms with Crippen molar-refractivity contribution in [2.75, 3.05) is 0 Å². The molecule has 0 saturated heterocycles. The molecule has 1 rings (SSSR count). The van der Waals surface area contributed by atoms with Crippen molar-refractivity contribution in [2.24, 2.45) is 10.7 Å². The van der Waals surface area contributed by atoms with E-state index in [1.165, 1.54) is 5.56 Å². The highest BCUT2D eigenvalue weighted by molar-refractivity contribution is 5.80. The molecular formula is C10H15N3O. The Morgan fingerprint density at radius 2 is 1.79 bits per heavy atom. The average molecular weight is 193 g/mol. The van der Waals surface area contributed by atoms with E-state index in [0.717, 1.165) is 16.8 Å². The second kappa shape index (κ2) is 4.11. The van der Waals surface area contributed by atoms with Gasteiger partial charge in [0.15, 0.2) is 0 Å². The van der Waals surface area contributed by atoms with Crippen LogP contribution in [0.5, 0.6) is 0 Å². The molecule has 0 aliphatic carbocycles. The van der Waals surface area contributed by atoms with E-state index in [0.29, 0.717) is 0 Å². The lowest BCUT2D eigenvalue weighted by molar-refractivity contribution is 0.233. The maximum atomic E-state index is 8.53. The predicted molar refractivity (Wildman–Crippen MR) is 56.9 cm³/mol. The van der Waals surface area contributed by atoms with Gasteiger partial charge >= 0.3 is 0 Å². The highest BCUT2D eigenvalue weighted by atomic mass is 16.5. The summed E-state index contributed by atoms with van der Waals surface area (Å²) in [4.78, 5) is 4.05. The third-order valence-corrected chi connectivity index (χ3v) is 1.98. The molecule has 14 heavy (non-hydrogen) atoms. The number of aliphatic imine (C=N–C) groups is 1. The van der Waals surface area contributed by atoms with Gasteiger partial charge in [-0.3, -0.25) is 5.21 Å². The third-order valence-electron chi connectivity index (χ3n) is 1.98. The number of nitrogens with zero attached hydrogens (tertiary/aromatic N) is 1. The van der Waals surface area contributed by atoms with E-state index in [-0.39, 0.29) is 5.96 Å². The first-order valence-corrected chi connectivity index (χ1v) is 4.36. The lowest BCUT2D eigenvalue weighted by Gasteiger charge is -2.07. The molecule has 0 aliphatic rings. The molecular weight excluding hydrogens is 178 g/mol. The molecule has 0 aromatic heterocycles. The van der Waals surface area contributed by atoms with Crippen molar-refractivity contribution in [2.45, 2.75) is 20.8 Å². The Kier molecular flexibility index (Phi) is 3.09. The normalized spacial score (nSPS) is 11.6. The summed E-state index contributed by atoms with van der Waals surface area (Å²) >= 11 is 0. The molecule has 0 saturated carbocycles. The van der Waals surface area contributed by atoms with Crippen LogP contribution < -0.4 is 11.2 Å². The van der Waals surface area contributed by atoms with Gasteiger partial charge in [-0.05, 0) is 31.9 Å². The molecule has 0 unspecified atom stereocenters. The molecule has 1 aromatic rings. The number of hydrogen-bond acceptors (Lipinski definition) is 2. The zero-order valence-electron chi connectivity index (χ0n) is 8.63. The van der Waals surface area contributed by atoms with E-state index in [2.05, 4.69) is 4.99 Å². The number of guanidine groups is 1. The molecule has 0 heterocycles.